The summed E-state index contributed by atoms with van der Waals surface area (Å²) in [4.78, 5) is 14.4. The molecule has 1 aromatic carbocycles. The monoisotopic (exact) mass is 310 g/mol. The zero-order valence-electron chi connectivity index (χ0n) is 12.4. The molecule has 5 heteroatoms. The minimum absolute atomic E-state index is 0.0253. The molecule has 0 aromatic heterocycles. The van der Waals surface area contributed by atoms with Crippen LogP contribution in [0.1, 0.15) is 25.3 Å². The number of amides is 1. The van der Waals surface area contributed by atoms with Gasteiger partial charge in [-0.1, -0.05) is 29.8 Å². The van der Waals surface area contributed by atoms with Crippen LogP contribution in [-0.2, 0) is 11.3 Å². The van der Waals surface area contributed by atoms with Gasteiger partial charge in [-0.3, -0.25) is 9.69 Å². The van der Waals surface area contributed by atoms with Crippen LogP contribution in [-0.4, -0.2) is 41.7 Å². The summed E-state index contributed by atoms with van der Waals surface area (Å²) in [7, 11) is 0. The Hall–Kier alpha value is -1.10. The Morgan fingerprint density at radius 1 is 1.43 bits per heavy atom. The number of hydrogen-bond donors (Lipinski definition) is 2. The van der Waals surface area contributed by atoms with Gasteiger partial charge in [-0.05, 0) is 50.4 Å². The predicted molar refractivity (Wildman–Crippen MR) is 84.1 cm³/mol. The summed E-state index contributed by atoms with van der Waals surface area (Å²) in [5.41, 5.74) is 0.929. The highest BCUT2D eigenvalue weighted by Gasteiger charge is 2.26. The molecule has 1 atom stereocenters. The number of halogens is 1. The van der Waals surface area contributed by atoms with Crippen molar-refractivity contribution in [2.75, 3.05) is 19.7 Å². The molecule has 21 heavy (non-hydrogen) atoms. The number of carbonyl (C=O) groups excluding carboxylic acids is 1. The van der Waals surface area contributed by atoms with E-state index in [1.54, 1.807) is 0 Å². The van der Waals surface area contributed by atoms with E-state index < -0.39 is 0 Å². The third-order valence-electron chi connectivity index (χ3n) is 4.25. The molecule has 2 N–H and O–H groups in total. The molecule has 0 radical (unpaired) electrons. The van der Waals surface area contributed by atoms with Crippen LogP contribution in [0.5, 0.6) is 0 Å². The van der Waals surface area contributed by atoms with E-state index in [1.165, 1.54) is 0 Å². The fraction of sp³-hybridized carbons (Fsp3) is 0.562. The maximum Gasteiger partial charge on any atom is 0.237 e. The molecule has 1 unspecified atom stereocenters. The summed E-state index contributed by atoms with van der Waals surface area (Å²) < 4.78 is 0. The molecule has 1 aliphatic rings. The molecule has 1 aromatic rings. The number of aliphatic hydroxyl groups excluding tert-OH is 1. The van der Waals surface area contributed by atoms with Crippen molar-refractivity contribution in [3.8, 4) is 0 Å². The van der Waals surface area contributed by atoms with E-state index in [0.717, 1.165) is 31.5 Å². The molecule has 0 bridgehead atoms. The van der Waals surface area contributed by atoms with Gasteiger partial charge in [-0.15, -0.1) is 0 Å². The van der Waals surface area contributed by atoms with Gasteiger partial charge in [0, 0.05) is 18.2 Å². The van der Waals surface area contributed by atoms with Gasteiger partial charge in [-0.25, -0.2) is 0 Å². The number of nitrogens with one attached hydrogen (secondary N) is 1. The molecule has 0 saturated carbocycles. The van der Waals surface area contributed by atoms with Crippen molar-refractivity contribution in [2.24, 2.45) is 5.92 Å². The number of hydrogen-bond acceptors (Lipinski definition) is 3. The Morgan fingerprint density at radius 2 is 2.10 bits per heavy atom. The van der Waals surface area contributed by atoms with E-state index in [9.17, 15) is 4.79 Å². The van der Waals surface area contributed by atoms with Crippen LogP contribution in [0.4, 0.5) is 0 Å². The normalized spacial score (nSPS) is 18.4. The third-order valence-corrected chi connectivity index (χ3v) is 4.61. The summed E-state index contributed by atoms with van der Waals surface area (Å²) in [6, 6.07) is 7.39. The van der Waals surface area contributed by atoms with Crippen LogP contribution < -0.4 is 5.32 Å². The molecule has 0 spiro atoms. The largest absolute Gasteiger partial charge is 0.396 e. The Bertz CT molecular complexity index is 473. The molecule has 2 rings (SSSR count). The Kier molecular flexibility index (Phi) is 6.03. The van der Waals surface area contributed by atoms with Gasteiger partial charge in [0.1, 0.15) is 0 Å². The lowest BCUT2D eigenvalue weighted by Gasteiger charge is -2.34. The van der Waals surface area contributed by atoms with Gasteiger partial charge in [0.25, 0.3) is 0 Å². The molecular weight excluding hydrogens is 288 g/mol. The number of aliphatic hydroxyl groups is 1. The van der Waals surface area contributed by atoms with Gasteiger partial charge in [0.2, 0.25) is 5.91 Å². The Morgan fingerprint density at radius 3 is 2.71 bits per heavy atom. The fourth-order valence-corrected chi connectivity index (χ4v) is 2.86. The van der Waals surface area contributed by atoms with E-state index in [2.05, 4.69) is 10.2 Å². The molecule has 1 heterocycles. The predicted octanol–water partition coefficient (Wildman–Crippen LogP) is 2.05. The van der Waals surface area contributed by atoms with Gasteiger partial charge < -0.3 is 10.4 Å². The SMILES string of the molecule is CC(C(=O)NCc1ccccc1Cl)N1CCC(CO)CC1. The Labute approximate surface area is 131 Å². The number of rotatable bonds is 5. The highest BCUT2D eigenvalue weighted by Crippen LogP contribution is 2.19. The van der Waals surface area contributed by atoms with Crippen molar-refractivity contribution in [3.63, 3.8) is 0 Å². The van der Waals surface area contributed by atoms with Crippen molar-refractivity contribution in [1.82, 2.24) is 10.2 Å². The fourth-order valence-electron chi connectivity index (χ4n) is 2.66. The maximum absolute atomic E-state index is 12.2. The summed E-state index contributed by atoms with van der Waals surface area (Å²) in [6.45, 7) is 4.37. The van der Waals surface area contributed by atoms with Crippen LogP contribution in [0.25, 0.3) is 0 Å². The second-order valence-corrected chi connectivity index (χ2v) is 6.05. The van der Waals surface area contributed by atoms with Crippen molar-refractivity contribution >= 4 is 17.5 Å². The van der Waals surface area contributed by atoms with Crippen molar-refractivity contribution in [2.45, 2.75) is 32.4 Å². The van der Waals surface area contributed by atoms with Crippen LogP contribution in [0.3, 0.4) is 0 Å². The van der Waals surface area contributed by atoms with Gasteiger partial charge in [0.05, 0.1) is 6.04 Å². The Balaban J connectivity index is 1.82. The highest BCUT2D eigenvalue weighted by atomic mass is 35.5. The van der Waals surface area contributed by atoms with Gasteiger partial charge >= 0.3 is 0 Å². The second kappa shape index (κ2) is 7.78. The van der Waals surface area contributed by atoms with Crippen molar-refractivity contribution in [3.05, 3.63) is 34.9 Å². The first-order valence-electron chi connectivity index (χ1n) is 7.48. The summed E-state index contributed by atoms with van der Waals surface area (Å²) in [6.07, 6.45) is 1.91. The third kappa shape index (κ3) is 4.43. The summed E-state index contributed by atoms with van der Waals surface area (Å²) >= 11 is 6.08. The average molecular weight is 311 g/mol. The highest BCUT2D eigenvalue weighted by molar-refractivity contribution is 6.31. The first kappa shape index (κ1) is 16.3. The second-order valence-electron chi connectivity index (χ2n) is 5.65. The smallest absolute Gasteiger partial charge is 0.237 e. The van der Waals surface area contributed by atoms with Crippen molar-refractivity contribution in [1.29, 1.82) is 0 Å². The molecule has 1 aliphatic heterocycles. The molecule has 1 saturated heterocycles. The lowest BCUT2D eigenvalue weighted by Crippen LogP contribution is -2.48. The molecule has 1 amide bonds. The molecular formula is C16H23ClN2O2. The summed E-state index contributed by atoms with van der Waals surface area (Å²) in [5, 5.41) is 12.8. The summed E-state index contributed by atoms with van der Waals surface area (Å²) in [5.74, 6) is 0.414. The van der Waals surface area contributed by atoms with Gasteiger partial charge in [0.15, 0.2) is 0 Å². The number of nitrogens with zero attached hydrogens (tertiary/aromatic N) is 1. The molecule has 4 nitrogen and oxygen atoms in total. The average Bonchev–Trinajstić information content (AvgIpc) is 2.53. The number of likely N-dealkylation sites (tertiary alicyclic amines) is 1. The topological polar surface area (TPSA) is 52.6 Å². The minimum Gasteiger partial charge on any atom is -0.396 e. The van der Waals surface area contributed by atoms with E-state index in [-0.39, 0.29) is 18.6 Å². The van der Waals surface area contributed by atoms with Crippen LogP contribution in [0.15, 0.2) is 24.3 Å². The van der Waals surface area contributed by atoms with E-state index in [4.69, 9.17) is 16.7 Å². The number of piperidine rings is 1. The first-order valence-corrected chi connectivity index (χ1v) is 7.85. The number of benzene rings is 1. The first-order chi connectivity index (χ1) is 10.1. The van der Waals surface area contributed by atoms with Crippen LogP contribution in [0, 0.1) is 5.92 Å². The maximum atomic E-state index is 12.2. The standard InChI is InChI=1S/C16H23ClN2O2/c1-12(19-8-6-13(11-20)7-9-19)16(21)18-10-14-4-2-3-5-15(14)17/h2-5,12-13,20H,6-11H2,1H3,(H,18,21). The lowest BCUT2D eigenvalue weighted by molar-refractivity contribution is -0.126. The van der Waals surface area contributed by atoms with Gasteiger partial charge in [-0.2, -0.15) is 0 Å². The zero-order valence-corrected chi connectivity index (χ0v) is 13.1. The van der Waals surface area contributed by atoms with E-state index >= 15 is 0 Å². The molecule has 1 fully saturated rings. The number of carbonyl (C=O) groups is 1. The zero-order chi connectivity index (χ0) is 15.2. The van der Waals surface area contributed by atoms with Crippen LogP contribution in [0.2, 0.25) is 5.02 Å². The molecule has 0 aliphatic carbocycles. The molecule has 116 valence electrons. The van der Waals surface area contributed by atoms with E-state index in [0.29, 0.717) is 17.5 Å². The minimum atomic E-state index is -0.146. The quantitative estimate of drug-likeness (QED) is 0.875. The van der Waals surface area contributed by atoms with Crippen molar-refractivity contribution < 1.29 is 9.90 Å². The van der Waals surface area contributed by atoms with E-state index in [1.807, 2.05) is 31.2 Å². The van der Waals surface area contributed by atoms with Crippen LogP contribution >= 0.6 is 11.6 Å². The lowest BCUT2D eigenvalue weighted by atomic mass is 9.97.